The second kappa shape index (κ2) is 8.69. The maximum Gasteiger partial charge on any atom is 0.0353 e. The molecule has 0 saturated heterocycles. The number of rotatable bonds is 3. The van der Waals surface area contributed by atoms with Crippen LogP contribution in [0, 0.1) is 13.8 Å². The summed E-state index contributed by atoms with van der Waals surface area (Å²) in [4.78, 5) is 7.24. The van der Waals surface area contributed by atoms with Crippen molar-refractivity contribution in [3.63, 3.8) is 0 Å². The Hall–Kier alpha value is -4.14. The molecule has 0 fully saturated rings. The standard InChI is InChI=1S/C37H27NS/c1-22-10-17-33(23(2)20-22)39-37-30-9-4-3-8-27(30)36(32-21-38-19-18-31(32)37)29-16-14-26-12-11-24-6-5-7-25-13-15-28(29)35(26)34(24)25/h3-5,7-11,13-21H,6,12H2,1-2H3. The maximum absolute atomic E-state index is 4.65. The lowest BCUT2D eigenvalue weighted by Gasteiger charge is -2.25. The van der Waals surface area contributed by atoms with Gasteiger partial charge in [-0.15, -0.1) is 0 Å². The van der Waals surface area contributed by atoms with E-state index in [0.29, 0.717) is 0 Å². The Morgan fingerprint density at radius 1 is 0.744 bits per heavy atom. The van der Waals surface area contributed by atoms with E-state index in [9.17, 15) is 0 Å². The monoisotopic (exact) mass is 517 g/mol. The van der Waals surface area contributed by atoms with Gasteiger partial charge in [-0.3, -0.25) is 4.98 Å². The van der Waals surface area contributed by atoms with Crippen LogP contribution >= 0.6 is 11.8 Å². The van der Waals surface area contributed by atoms with Gasteiger partial charge in [0.25, 0.3) is 0 Å². The second-order valence-electron chi connectivity index (χ2n) is 10.8. The number of nitrogens with zero attached hydrogens (tertiary/aromatic N) is 1. The fourth-order valence-corrected chi connectivity index (χ4v) is 7.80. The van der Waals surface area contributed by atoms with Crippen molar-refractivity contribution >= 4 is 55.7 Å². The zero-order valence-corrected chi connectivity index (χ0v) is 22.9. The highest BCUT2D eigenvalue weighted by Gasteiger charge is 2.23. The molecule has 0 amide bonds. The van der Waals surface area contributed by atoms with Gasteiger partial charge >= 0.3 is 0 Å². The predicted molar refractivity (Wildman–Crippen MR) is 168 cm³/mol. The van der Waals surface area contributed by atoms with Crippen molar-refractivity contribution in [2.75, 3.05) is 0 Å². The van der Waals surface area contributed by atoms with Gasteiger partial charge in [-0.2, -0.15) is 0 Å². The molecule has 39 heavy (non-hydrogen) atoms. The van der Waals surface area contributed by atoms with E-state index in [2.05, 4.69) is 116 Å². The zero-order valence-electron chi connectivity index (χ0n) is 22.1. The Kier molecular flexibility index (Phi) is 5.08. The van der Waals surface area contributed by atoms with Crippen LogP contribution in [0.25, 0.3) is 55.1 Å². The first-order valence-corrected chi connectivity index (χ1v) is 14.5. The van der Waals surface area contributed by atoms with E-state index in [1.54, 1.807) is 0 Å². The first kappa shape index (κ1) is 22.8. The molecular formula is C37H27NS. The van der Waals surface area contributed by atoms with E-state index in [0.717, 1.165) is 12.8 Å². The third kappa shape index (κ3) is 3.45. The third-order valence-electron chi connectivity index (χ3n) is 8.41. The Labute approximate surface area is 232 Å². The molecule has 0 atom stereocenters. The quantitative estimate of drug-likeness (QED) is 0.217. The van der Waals surface area contributed by atoms with E-state index < -0.39 is 0 Å². The lowest BCUT2D eigenvalue weighted by atomic mass is 9.79. The van der Waals surface area contributed by atoms with Crippen molar-refractivity contribution < 1.29 is 0 Å². The topological polar surface area (TPSA) is 12.9 Å². The average Bonchev–Trinajstić information content (AvgIpc) is 2.97. The molecule has 1 aromatic heterocycles. The van der Waals surface area contributed by atoms with Crippen LogP contribution in [-0.4, -0.2) is 4.98 Å². The van der Waals surface area contributed by atoms with Crippen LogP contribution in [0.1, 0.15) is 34.2 Å². The second-order valence-corrected chi connectivity index (χ2v) is 11.9. The minimum absolute atomic E-state index is 1.00. The number of fused-ring (bicyclic) bond motifs is 2. The van der Waals surface area contributed by atoms with Crippen LogP contribution < -0.4 is 0 Å². The van der Waals surface area contributed by atoms with Gasteiger partial charge in [0, 0.05) is 27.6 Å². The van der Waals surface area contributed by atoms with Crippen molar-refractivity contribution in [1.82, 2.24) is 4.98 Å². The van der Waals surface area contributed by atoms with Gasteiger partial charge in [0.1, 0.15) is 0 Å². The fraction of sp³-hybridized carbons (Fsp3) is 0.108. The Morgan fingerprint density at radius 3 is 2.51 bits per heavy atom. The van der Waals surface area contributed by atoms with Crippen molar-refractivity contribution in [2.24, 2.45) is 0 Å². The van der Waals surface area contributed by atoms with Crippen molar-refractivity contribution in [3.05, 3.63) is 125 Å². The molecule has 8 rings (SSSR count). The lowest BCUT2D eigenvalue weighted by molar-refractivity contribution is 1.23. The first-order chi connectivity index (χ1) is 19.2. The molecule has 0 spiro atoms. The van der Waals surface area contributed by atoms with E-state index in [1.165, 1.54) is 86.6 Å². The van der Waals surface area contributed by atoms with E-state index in [1.807, 2.05) is 18.0 Å². The van der Waals surface area contributed by atoms with Crippen LogP contribution in [0.2, 0.25) is 0 Å². The molecule has 0 radical (unpaired) electrons. The normalized spacial score (nSPS) is 13.8. The summed E-state index contributed by atoms with van der Waals surface area (Å²) < 4.78 is 0. The number of aromatic nitrogens is 1. The SMILES string of the molecule is Cc1ccc(Sc2c3ccccc3c(-c3ccc4c5c6c(ccc35)C=CCC6=CC4)c3cnccc23)c(C)c1. The minimum Gasteiger partial charge on any atom is -0.264 e. The molecule has 0 N–H and O–H groups in total. The summed E-state index contributed by atoms with van der Waals surface area (Å²) in [7, 11) is 0. The number of hydrogen-bond acceptors (Lipinski definition) is 2. The molecule has 186 valence electrons. The smallest absolute Gasteiger partial charge is 0.0353 e. The number of allylic oxidation sites excluding steroid dienone is 3. The predicted octanol–water partition coefficient (Wildman–Crippen LogP) is 10.3. The highest BCUT2D eigenvalue weighted by Crippen LogP contribution is 2.49. The van der Waals surface area contributed by atoms with E-state index >= 15 is 0 Å². The molecule has 5 aromatic carbocycles. The summed E-state index contributed by atoms with van der Waals surface area (Å²) in [5.74, 6) is 0. The molecule has 2 heteroatoms. The van der Waals surface area contributed by atoms with Gasteiger partial charge < -0.3 is 0 Å². The van der Waals surface area contributed by atoms with Crippen LogP contribution in [0.4, 0.5) is 0 Å². The lowest BCUT2D eigenvalue weighted by Crippen LogP contribution is -2.04. The maximum atomic E-state index is 4.65. The summed E-state index contributed by atoms with van der Waals surface area (Å²) >= 11 is 1.88. The minimum atomic E-state index is 1.00. The van der Waals surface area contributed by atoms with E-state index in [4.69, 9.17) is 0 Å². The van der Waals surface area contributed by atoms with Crippen LogP contribution in [0.3, 0.4) is 0 Å². The highest BCUT2D eigenvalue weighted by molar-refractivity contribution is 7.99. The van der Waals surface area contributed by atoms with Crippen LogP contribution in [-0.2, 0) is 6.42 Å². The average molecular weight is 518 g/mol. The summed E-state index contributed by atoms with van der Waals surface area (Å²) in [6.07, 6.45) is 13.1. The molecule has 2 aliphatic carbocycles. The van der Waals surface area contributed by atoms with Crippen LogP contribution in [0.15, 0.2) is 107 Å². The summed E-state index contributed by atoms with van der Waals surface area (Å²) in [5.41, 5.74) is 10.9. The van der Waals surface area contributed by atoms with Crippen LogP contribution in [0.5, 0.6) is 0 Å². The van der Waals surface area contributed by atoms with Gasteiger partial charge in [-0.25, -0.2) is 0 Å². The molecule has 0 bridgehead atoms. The summed E-state index contributed by atoms with van der Waals surface area (Å²) in [6, 6.07) is 27.3. The van der Waals surface area contributed by atoms with Crippen molar-refractivity contribution in [3.8, 4) is 11.1 Å². The zero-order chi connectivity index (χ0) is 26.1. The molecule has 6 aromatic rings. The Balaban J connectivity index is 1.46. The van der Waals surface area contributed by atoms with Gasteiger partial charge in [0.15, 0.2) is 0 Å². The first-order valence-electron chi connectivity index (χ1n) is 13.7. The van der Waals surface area contributed by atoms with Crippen molar-refractivity contribution in [2.45, 2.75) is 36.5 Å². The van der Waals surface area contributed by atoms with Gasteiger partial charge in [0.2, 0.25) is 0 Å². The fourth-order valence-electron chi connectivity index (χ4n) is 6.65. The summed E-state index contributed by atoms with van der Waals surface area (Å²) in [6.45, 7) is 4.37. The molecule has 2 aliphatic rings. The van der Waals surface area contributed by atoms with Gasteiger partial charge in [0.05, 0.1) is 0 Å². The number of pyridine rings is 1. The molecule has 1 heterocycles. The molecule has 0 unspecified atom stereocenters. The number of hydrogen-bond donors (Lipinski definition) is 0. The summed E-state index contributed by atoms with van der Waals surface area (Å²) in [5, 5.41) is 7.82. The number of benzene rings is 5. The molecule has 1 nitrogen and oxygen atoms in total. The largest absolute Gasteiger partial charge is 0.264 e. The van der Waals surface area contributed by atoms with Crippen molar-refractivity contribution in [1.29, 1.82) is 0 Å². The molecule has 0 saturated carbocycles. The third-order valence-corrected chi connectivity index (χ3v) is 9.73. The molecule has 0 aliphatic heterocycles. The van der Waals surface area contributed by atoms with Gasteiger partial charge in [-0.1, -0.05) is 96.2 Å². The van der Waals surface area contributed by atoms with E-state index in [-0.39, 0.29) is 0 Å². The van der Waals surface area contributed by atoms with Gasteiger partial charge in [-0.05, 0) is 105 Å². The Bertz CT molecular complexity index is 2000. The number of aryl methyl sites for hydroxylation is 2. The Morgan fingerprint density at radius 2 is 1.62 bits per heavy atom. The highest BCUT2D eigenvalue weighted by atomic mass is 32.2. The molecular weight excluding hydrogens is 490 g/mol.